The molecule has 2 aliphatic rings. The standard InChI is InChI=1S/C12H12ClNO3S.C12H13NO3S/c1-7-2-3-8(13)9(4-7)14-6-18-10(12(14)17)5-11(15)16;1-8-3-2-4-9(5-8)13-7-17-10(12(13)16)6-11(14)15/h2-4,10H,5-6H2,1H3,(H,15,16);2-5,10H,6-7H2,1H3,(H,14,15). The molecule has 2 amide bonds. The lowest BCUT2D eigenvalue weighted by molar-refractivity contribution is -0.138. The molecule has 2 heterocycles. The number of hydrogen-bond acceptors (Lipinski definition) is 6. The predicted molar refractivity (Wildman–Crippen MR) is 139 cm³/mol. The molecule has 2 N–H and O–H groups in total. The molecule has 0 aliphatic carbocycles. The van der Waals surface area contributed by atoms with Gasteiger partial charge in [0, 0.05) is 5.69 Å². The summed E-state index contributed by atoms with van der Waals surface area (Å²) < 4.78 is 0. The minimum atomic E-state index is -0.960. The molecule has 0 aromatic heterocycles. The van der Waals surface area contributed by atoms with Crippen LogP contribution in [0.3, 0.4) is 0 Å². The molecule has 2 atom stereocenters. The summed E-state index contributed by atoms with van der Waals surface area (Å²) in [5.41, 5.74) is 3.59. The zero-order valence-corrected chi connectivity index (χ0v) is 21.5. The Morgan fingerprint density at radius 1 is 0.886 bits per heavy atom. The van der Waals surface area contributed by atoms with Gasteiger partial charge in [0.25, 0.3) is 0 Å². The van der Waals surface area contributed by atoms with Gasteiger partial charge in [0.2, 0.25) is 11.8 Å². The Hall–Kier alpha value is -2.69. The molecule has 2 aromatic carbocycles. The van der Waals surface area contributed by atoms with Crippen LogP contribution >= 0.6 is 35.1 Å². The summed E-state index contributed by atoms with van der Waals surface area (Å²) in [4.78, 5) is 48.5. The predicted octanol–water partition coefficient (Wildman–Crippen LogP) is 4.40. The van der Waals surface area contributed by atoms with Crippen LogP contribution in [0.25, 0.3) is 0 Å². The summed E-state index contributed by atoms with van der Waals surface area (Å²) in [6, 6.07) is 13.1. The van der Waals surface area contributed by atoms with Gasteiger partial charge in [0.05, 0.1) is 45.8 Å². The molecule has 2 fully saturated rings. The normalized spacial score (nSPS) is 19.5. The van der Waals surface area contributed by atoms with Crippen LogP contribution in [0.2, 0.25) is 5.02 Å². The Bertz CT molecular complexity index is 1140. The molecule has 0 bridgehead atoms. The highest BCUT2D eigenvalue weighted by atomic mass is 35.5. The van der Waals surface area contributed by atoms with Crippen LogP contribution in [0.15, 0.2) is 42.5 Å². The van der Waals surface area contributed by atoms with Gasteiger partial charge in [0.15, 0.2) is 0 Å². The average molecular weight is 537 g/mol. The third-order valence-electron chi connectivity index (χ3n) is 5.32. The average Bonchev–Trinajstić information content (AvgIpc) is 3.32. The first-order chi connectivity index (χ1) is 16.6. The van der Waals surface area contributed by atoms with Crippen molar-refractivity contribution in [3.05, 3.63) is 58.6 Å². The zero-order chi connectivity index (χ0) is 25.7. The Morgan fingerprint density at radius 2 is 1.43 bits per heavy atom. The molecule has 0 spiro atoms. The van der Waals surface area contributed by atoms with E-state index < -0.39 is 22.4 Å². The van der Waals surface area contributed by atoms with Gasteiger partial charge in [-0.2, -0.15) is 0 Å². The van der Waals surface area contributed by atoms with Crippen LogP contribution in [0.4, 0.5) is 11.4 Å². The van der Waals surface area contributed by atoms with Gasteiger partial charge in [-0.05, 0) is 49.2 Å². The Kier molecular flexibility index (Phi) is 9.09. The van der Waals surface area contributed by atoms with Gasteiger partial charge in [-0.3, -0.25) is 19.2 Å². The number of rotatable bonds is 6. The zero-order valence-electron chi connectivity index (χ0n) is 19.1. The molecule has 2 aliphatic heterocycles. The minimum absolute atomic E-state index is 0.105. The van der Waals surface area contributed by atoms with E-state index in [1.54, 1.807) is 15.9 Å². The summed E-state index contributed by atoms with van der Waals surface area (Å²) in [5.74, 6) is -1.21. The van der Waals surface area contributed by atoms with Gasteiger partial charge < -0.3 is 20.0 Å². The van der Waals surface area contributed by atoms with Crippen molar-refractivity contribution in [1.82, 2.24) is 0 Å². The third kappa shape index (κ3) is 6.93. The van der Waals surface area contributed by atoms with Crippen molar-refractivity contribution in [2.24, 2.45) is 0 Å². The molecule has 0 saturated carbocycles. The van der Waals surface area contributed by atoms with Crippen LogP contribution in [0.1, 0.15) is 24.0 Å². The minimum Gasteiger partial charge on any atom is -0.481 e. The molecule has 0 radical (unpaired) electrons. The van der Waals surface area contributed by atoms with Crippen LogP contribution in [-0.2, 0) is 19.2 Å². The lowest BCUT2D eigenvalue weighted by Gasteiger charge is -2.17. The number of aryl methyl sites for hydroxylation is 2. The summed E-state index contributed by atoms with van der Waals surface area (Å²) >= 11 is 8.79. The first-order valence-corrected chi connectivity index (χ1v) is 13.2. The number of hydrogen-bond donors (Lipinski definition) is 2. The van der Waals surface area contributed by atoms with Crippen molar-refractivity contribution in [3.63, 3.8) is 0 Å². The number of carboxylic acids is 2. The number of anilines is 2. The van der Waals surface area contributed by atoms with Crippen molar-refractivity contribution >= 4 is 70.3 Å². The van der Waals surface area contributed by atoms with E-state index in [-0.39, 0.29) is 24.7 Å². The summed E-state index contributed by atoms with van der Waals surface area (Å²) in [7, 11) is 0. The number of carbonyl (C=O) groups is 4. The molecule has 2 saturated heterocycles. The monoisotopic (exact) mass is 536 g/mol. The number of halogens is 1. The smallest absolute Gasteiger partial charge is 0.305 e. The van der Waals surface area contributed by atoms with Crippen LogP contribution in [0, 0.1) is 13.8 Å². The maximum Gasteiger partial charge on any atom is 0.305 e. The fourth-order valence-electron chi connectivity index (χ4n) is 3.57. The number of benzene rings is 2. The molecule has 4 rings (SSSR count). The van der Waals surface area contributed by atoms with Crippen molar-refractivity contribution in [1.29, 1.82) is 0 Å². The largest absolute Gasteiger partial charge is 0.481 e. The van der Waals surface area contributed by atoms with Crippen LogP contribution in [0.5, 0.6) is 0 Å². The second-order valence-electron chi connectivity index (χ2n) is 8.09. The summed E-state index contributed by atoms with van der Waals surface area (Å²) in [6.45, 7) is 3.88. The number of aliphatic carboxylic acids is 2. The maximum atomic E-state index is 12.1. The van der Waals surface area contributed by atoms with Crippen molar-refractivity contribution in [3.8, 4) is 0 Å². The molecular formula is C24H25ClN2O6S2. The SMILES string of the molecule is Cc1ccc(Cl)c(N2CSC(CC(=O)O)C2=O)c1.Cc1cccc(N2CSC(CC(=O)O)C2=O)c1. The fraction of sp³-hybridized carbons (Fsp3) is 0.333. The number of thioether (sulfide) groups is 2. The van der Waals surface area contributed by atoms with E-state index >= 15 is 0 Å². The molecule has 11 heteroatoms. The highest BCUT2D eigenvalue weighted by Gasteiger charge is 2.36. The third-order valence-corrected chi connectivity index (χ3v) is 7.99. The van der Waals surface area contributed by atoms with Gasteiger partial charge in [-0.1, -0.05) is 29.8 Å². The van der Waals surface area contributed by atoms with E-state index in [9.17, 15) is 19.2 Å². The van der Waals surface area contributed by atoms with Crippen LogP contribution in [-0.4, -0.2) is 56.2 Å². The first kappa shape index (κ1) is 26.9. The quantitative estimate of drug-likeness (QED) is 0.558. The number of nitrogens with zero attached hydrogens (tertiary/aromatic N) is 2. The lowest BCUT2D eigenvalue weighted by Crippen LogP contribution is -2.30. The molecule has 35 heavy (non-hydrogen) atoms. The molecule has 2 unspecified atom stereocenters. The van der Waals surface area contributed by atoms with E-state index in [0.717, 1.165) is 16.8 Å². The van der Waals surface area contributed by atoms with Crippen molar-refractivity contribution in [2.75, 3.05) is 21.6 Å². The van der Waals surface area contributed by atoms with E-state index in [1.807, 2.05) is 50.2 Å². The highest BCUT2D eigenvalue weighted by Crippen LogP contribution is 2.35. The number of carboxylic acid groups (broad SMARTS) is 2. The second kappa shape index (κ2) is 11.8. The fourth-order valence-corrected chi connectivity index (χ4v) is 6.05. The van der Waals surface area contributed by atoms with Gasteiger partial charge in [-0.15, -0.1) is 23.5 Å². The topological polar surface area (TPSA) is 115 Å². The number of amides is 2. The van der Waals surface area contributed by atoms with E-state index in [0.29, 0.717) is 22.5 Å². The molecular weight excluding hydrogens is 512 g/mol. The van der Waals surface area contributed by atoms with E-state index in [4.69, 9.17) is 21.8 Å². The van der Waals surface area contributed by atoms with Gasteiger partial charge in [-0.25, -0.2) is 0 Å². The Balaban J connectivity index is 0.000000196. The molecule has 8 nitrogen and oxygen atoms in total. The molecule has 2 aromatic rings. The van der Waals surface area contributed by atoms with E-state index in [1.165, 1.54) is 23.5 Å². The van der Waals surface area contributed by atoms with E-state index in [2.05, 4.69) is 0 Å². The first-order valence-electron chi connectivity index (χ1n) is 10.7. The second-order valence-corrected chi connectivity index (χ2v) is 10.8. The molecule has 186 valence electrons. The van der Waals surface area contributed by atoms with Crippen molar-refractivity contribution < 1.29 is 29.4 Å². The summed E-state index contributed by atoms with van der Waals surface area (Å²) in [5, 5.41) is 17.0. The van der Waals surface area contributed by atoms with Crippen LogP contribution < -0.4 is 9.80 Å². The lowest BCUT2D eigenvalue weighted by atomic mass is 10.2. The Labute approximate surface area is 216 Å². The van der Waals surface area contributed by atoms with Gasteiger partial charge >= 0.3 is 11.9 Å². The highest BCUT2D eigenvalue weighted by molar-refractivity contribution is 8.01. The summed E-state index contributed by atoms with van der Waals surface area (Å²) in [6.07, 6.45) is -0.255. The number of carbonyl (C=O) groups excluding carboxylic acids is 2. The van der Waals surface area contributed by atoms with Gasteiger partial charge in [0.1, 0.15) is 0 Å². The Morgan fingerprint density at radius 3 is 2.00 bits per heavy atom. The maximum absolute atomic E-state index is 12.1. The van der Waals surface area contributed by atoms with Crippen molar-refractivity contribution in [2.45, 2.75) is 37.2 Å².